The van der Waals surface area contributed by atoms with Gasteiger partial charge in [-0.05, 0) is 26.7 Å². The van der Waals surface area contributed by atoms with Crippen LogP contribution >= 0.6 is 11.3 Å². The molecule has 0 spiro atoms. The molecule has 0 saturated heterocycles. The minimum absolute atomic E-state index is 0.129. The molecule has 7 heteroatoms. The Kier molecular flexibility index (Phi) is 4.49. The number of carbonyl (C=O) groups excluding carboxylic acids is 1. The molecule has 20 heavy (non-hydrogen) atoms. The van der Waals surface area contributed by atoms with Gasteiger partial charge in [0, 0.05) is 0 Å². The number of rotatable bonds is 5. The fraction of sp³-hybridized carbons (Fsp3) is 0.538. The van der Waals surface area contributed by atoms with Crippen LogP contribution in [0.15, 0.2) is 4.52 Å². The molecule has 0 aliphatic carbocycles. The molecule has 2 aromatic rings. The van der Waals surface area contributed by atoms with E-state index < -0.39 is 0 Å². The van der Waals surface area contributed by atoms with E-state index in [1.165, 1.54) is 11.3 Å². The fourth-order valence-corrected chi connectivity index (χ4v) is 2.81. The molecule has 1 N–H and O–H groups in total. The minimum atomic E-state index is -0.268. The first-order chi connectivity index (χ1) is 9.55. The summed E-state index contributed by atoms with van der Waals surface area (Å²) in [7, 11) is 0. The topological polar surface area (TPSA) is 80.9 Å². The molecule has 0 fully saturated rings. The standard InChI is InChI=1S/C13H18N4O2S/c1-5-9-11(20-8(4)15-9)12(18)16-10(6-2)13-14-7(3)17-19-13/h10H,5-6H2,1-4H3,(H,16,18)/t10-/m0/s1. The molecule has 0 saturated carbocycles. The molecule has 0 aliphatic heterocycles. The van der Waals surface area contributed by atoms with Crippen molar-refractivity contribution in [3.05, 3.63) is 27.3 Å². The molecule has 0 radical (unpaired) electrons. The predicted octanol–water partition coefficient (Wildman–Crippen LogP) is 2.59. The van der Waals surface area contributed by atoms with E-state index in [1.807, 2.05) is 20.8 Å². The van der Waals surface area contributed by atoms with Crippen molar-refractivity contribution in [3.8, 4) is 0 Å². The van der Waals surface area contributed by atoms with Gasteiger partial charge < -0.3 is 9.84 Å². The summed E-state index contributed by atoms with van der Waals surface area (Å²) < 4.78 is 5.13. The lowest BCUT2D eigenvalue weighted by Gasteiger charge is -2.12. The average Bonchev–Trinajstić information content (AvgIpc) is 3.01. The summed E-state index contributed by atoms with van der Waals surface area (Å²) in [6.07, 6.45) is 1.43. The third kappa shape index (κ3) is 3.04. The highest BCUT2D eigenvalue weighted by atomic mass is 32.1. The summed E-state index contributed by atoms with van der Waals surface area (Å²) in [5.41, 5.74) is 0.835. The number of hydrogen-bond acceptors (Lipinski definition) is 6. The Morgan fingerprint density at radius 2 is 2.10 bits per heavy atom. The second-order valence-electron chi connectivity index (χ2n) is 4.48. The van der Waals surface area contributed by atoms with E-state index in [1.54, 1.807) is 6.92 Å². The van der Waals surface area contributed by atoms with Crippen molar-refractivity contribution >= 4 is 17.2 Å². The number of nitrogens with one attached hydrogen (secondary N) is 1. The maximum atomic E-state index is 12.4. The highest BCUT2D eigenvalue weighted by Crippen LogP contribution is 2.21. The van der Waals surface area contributed by atoms with Crippen molar-refractivity contribution in [2.24, 2.45) is 0 Å². The lowest BCUT2D eigenvalue weighted by Crippen LogP contribution is -2.28. The molecule has 1 atom stereocenters. The third-order valence-corrected chi connectivity index (χ3v) is 3.91. The van der Waals surface area contributed by atoms with Gasteiger partial charge in [-0.15, -0.1) is 11.3 Å². The summed E-state index contributed by atoms with van der Waals surface area (Å²) in [5, 5.41) is 7.59. The number of nitrogens with zero attached hydrogens (tertiary/aromatic N) is 3. The van der Waals surface area contributed by atoms with E-state index in [2.05, 4.69) is 20.4 Å². The second kappa shape index (κ2) is 6.13. The van der Waals surface area contributed by atoms with Gasteiger partial charge in [0.05, 0.1) is 10.7 Å². The van der Waals surface area contributed by atoms with Crippen molar-refractivity contribution < 1.29 is 9.32 Å². The lowest BCUT2D eigenvalue weighted by molar-refractivity contribution is 0.0930. The summed E-state index contributed by atoms with van der Waals surface area (Å²) in [6, 6.07) is -0.268. The Labute approximate surface area is 121 Å². The van der Waals surface area contributed by atoms with Gasteiger partial charge in [0.15, 0.2) is 5.82 Å². The van der Waals surface area contributed by atoms with Crippen LogP contribution < -0.4 is 5.32 Å². The Bertz CT molecular complexity index is 605. The van der Waals surface area contributed by atoms with Gasteiger partial charge in [0.25, 0.3) is 5.91 Å². The molecule has 0 unspecified atom stereocenters. The van der Waals surface area contributed by atoms with E-state index in [0.29, 0.717) is 23.0 Å². The molecular weight excluding hydrogens is 276 g/mol. The van der Waals surface area contributed by atoms with E-state index in [-0.39, 0.29) is 11.9 Å². The van der Waals surface area contributed by atoms with Crippen LogP contribution in [0, 0.1) is 13.8 Å². The first-order valence-electron chi connectivity index (χ1n) is 6.62. The monoisotopic (exact) mass is 294 g/mol. The van der Waals surface area contributed by atoms with Crippen LogP contribution in [0.3, 0.4) is 0 Å². The maximum Gasteiger partial charge on any atom is 0.263 e. The molecule has 2 heterocycles. The van der Waals surface area contributed by atoms with Crippen molar-refractivity contribution in [2.45, 2.75) is 46.6 Å². The Balaban J connectivity index is 2.17. The van der Waals surface area contributed by atoms with Crippen LogP contribution in [0.25, 0.3) is 0 Å². The highest BCUT2D eigenvalue weighted by molar-refractivity contribution is 7.13. The van der Waals surface area contributed by atoms with Gasteiger partial charge in [0.1, 0.15) is 10.9 Å². The number of aromatic nitrogens is 3. The van der Waals surface area contributed by atoms with E-state index in [0.717, 1.165) is 17.1 Å². The van der Waals surface area contributed by atoms with Crippen LogP contribution in [-0.4, -0.2) is 21.0 Å². The molecule has 2 aromatic heterocycles. The first kappa shape index (κ1) is 14.6. The van der Waals surface area contributed by atoms with Gasteiger partial charge in [-0.2, -0.15) is 4.98 Å². The third-order valence-electron chi connectivity index (χ3n) is 2.90. The van der Waals surface area contributed by atoms with E-state index in [4.69, 9.17) is 4.52 Å². The Hall–Kier alpha value is -1.76. The van der Waals surface area contributed by atoms with Crippen LogP contribution in [-0.2, 0) is 6.42 Å². The van der Waals surface area contributed by atoms with Gasteiger partial charge >= 0.3 is 0 Å². The Morgan fingerprint density at radius 3 is 2.65 bits per heavy atom. The molecule has 0 bridgehead atoms. The fourth-order valence-electron chi connectivity index (χ4n) is 1.90. The van der Waals surface area contributed by atoms with E-state index in [9.17, 15) is 4.79 Å². The van der Waals surface area contributed by atoms with Gasteiger partial charge in [-0.3, -0.25) is 4.79 Å². The second-order valence-corrected chi connectivity index (χ2v) is 5.68. The smallest absolute Gasteiger partial charge is 0.263 e. The summed E-state index contributed by atoms with van der Waals surface area (Å²) in [6.45, 7) is 7.61. The average molecular weight is 294 g/mol. The predicted molar refractivity (Wildman–Crippen MR) is 75.8 cm³/mol. The van der Waals surface area contributed by atoms with Crippen molar-refractivity contribution in [1.29, 1.82) is 0 Å². The Morgan fingerprint density at radius 1 is 1.35 bits per heavy atom. The minimum Gasteiger partial charge on any atom is -0.339 e. The maximum absolute atomic E-state index is 12.4. The molecule has 2 rings (SSSR count). The molecule has 0 aromatic carbocycles. The van der Waals surface area contributed by atoms with Crippen LogP contribution in [0.4, 0.5) is 0 Å². The molecule has 108 valence electrons. The van der Waals surface area contributed by atoms with Crippen LogP contribution in [0.1, 0.15) is 58.4 Å². The van der Waals surface area contributed by atoms with Gasteiger partial charge in [-0.25, -0.2) is 4.98 Å². The molecule has 1 amide bonds. The van der Waals surface area contributed by atoms with Crippen molar-refractivity contribution in [1.82, 2.24) is 20.4 Å². The zero-order valence-electron chi connectivity index (χ0n) is 12.1. The zero-order chi connectivity index (χ0) is 14.7. The quantitative estimate of drug-likeness (QED) is 0.916. The number of hydrogen-bond donors (Lipinski definition) is 1. The van der Waals surface area contributed by atoms with Gasteiger partial charge in [-0.1, -0.05) is 19.0 Å². The molecular formula is C13H18N4O2S. The van der Waals surface area contributed by atoms with Crippen LogP contribution in [0.5, 0.6) is 0 Å². The zero-order valence-corrected chi connectivity index (χ0v) is 12.9. The largest absolute Gasteiger partial charge is 0.339 e. The van der Waals surface area contributed by atoms with Crippen molar-refractivity contribution in [2.75, 3.05) is 0 Å². The summed E-state index contributed by atoms with van der Waals surface area (Å²) >= 11 is 1.41. The number of carbonyl (C=O) groups is 1. The number of thiazole rings is 1. The SMILES string of the molecule is CCc1nc(C)sc1C(=O)N[C@@H](CC)c1nc(C)no1. The summed E-state index contributed by atoms with van der Waals surface area (Å²) in [5.74, 6) is 0.878. The van der Waals surface area contributed by atoms with Crippen LogP contribution in [0.2, 0.25) is 0 Å². The molecule has 0 aliphatic rings. The normalized spacial score (nSPS) is 12.4. The molecule has 6 nitrogen and oxygen atoms in total. The number of amides is 1. The van der Waals surface area contributed by atoms with Gasteiger partial charge in [0.2, 0.25) is 5.89 Å². The van der Waals surface area contributed by atoms with Crippen molar-refractivity contribution in [3.63, 3.8) is 0 Å². The number of aryl methyl sites for hydroxylation is 3. The lowest BCUT2D eigenvalue weighted by atomic mass is 10.2. The van der Waals surface area contributed by atoms with E-state index >= 15 is 0 Å². The first-order valence-corrected chi connectivity index (χ1v) is 7.44. The highest BCUT2D eigenvalue weighted by Gasteiger charge is 2.22. The summed E-state index contributed by atoms with van der Waals surface area (Å²) in [4.78, 5) is 21.6.